The minimum atomic E-state index is -0.135. The average Bonchev–Trinajstić information content (AvgIpc) is 2.69. The highest BCUT2D eigenvalue weighted by Crippen LogP contribution is 2.40. The molecule has 1 aromatic rings. The van der Waals surface area contributed by atoms with Crippen LogP contribution >= 0.6 is 0 Å². The van der Waals surface area contributed by atoms with E-state index >= 15 is 0 Å². The van der Waals surface area contributed by atoms with Crippen molar-refractivity contribution in [3.63, 3.8) is 0 Å². The fraction of sp³-hybridized carbons (Fsp3) is 0.714. The fourth-order valence-corrected chi connectivity index (χ4v) is 3.66. The summed E-state index contributed by atoms with van der Waals surface area (Å²) in [6.07, 6.45) is 6.52. The summed E-state index contributed by atoms with van der Waals surface area (Å²) < 4.78 is 0. The number of aromatic nitrogens is 2. The second kappa shape index (κ2) is 4.96. The monoisotopic (exact) mass is 262 g/mol. The lowest BCUT2D eigenvalue weighted by Crippen LogP contribution is -2.45. The molecule has 3 rings (SSSR count). The van der Waals surface area contributed by atoms with Gasteiger partial charge >= 0.3 is 0 Å². The summed E-state index contributed by atoms with van der Waals surface area (Å²) in [5, 5.41) is 13.1. The number of aliphatic hydroxyl groups excluding tert-OH is 1. The highest BCUT2D eigenvalue weighted by Gasteiger charge is 2.41. The second-order valence-electron chi connectivity index (χ2n) is 5.55. The number of nitrogens with one attached hydrogen (secondary N) is 1. The Balaban J connectivity index is 1.99. The zero-order chi connectivity index (χ0) is 13.4. The Morgan fingerprint density at radius 3 is 2.58 bits per heavy atom. The van der Waals surface area contributed by atoms with Gasteiger partial charge in [-0.15, -0.1) is 0 Å². The van der Waals surface area contributed by atoms with E-state index in [-0.39, 0.29) is 6.10 Å². The number of hydrogen-bond donors (Lipinski definition) is 2. The maximum absolute atomic E-state index is 9.91. The number of aliphatic hydroxyl groups is 1. The SMILES string of the molecule is CCc1c(NC)ncnc1N1C2CCC1CC(O)C2. The van der Waals surface area contributed by atoms with E-state index in [0.29, 0.717) is 12.1 Å². The summed E-state index contributed by atoms with van der Waals surface area (Å²) in [4.78, 5) is 11.3. The van der Waals surface area contributed by atoms with Crippen LogP contribution in [0, 0.1) is 0 Å². The molecule has 5 nitrogen and oxygen atoms in total. The minimum absolute atomic E-state index is 0.135. The Morgan fingerprint density at radius 2 is 2.00 bits per heavy atom. The van der Waals surface area contributed by atoms with Crippen LogP contribution < -0.4 is 10.2 Å². The predicted molar refractivity (Wildman–Crippen MR) is 75.5 cm³/mol. The van der Waals surface area contributed by atoms with Gasteiger partial charge in [0.15, 0.2) is 0 Å². The molecular weight excluding hydrogens is 240 g/mol. The molecule has 0 amide bonds. The number of nitrogens with zero attached hydrogens (tertiary/aromatic N) is 3. The van der Waals surface area contributed by atoms with E-state index in [1.54, 1.807) is 6.33 Å². The quantitative estimate of drug-likeness (QED) is 0.866. The second-order valence-corrected chi connectivity index (χ2v) is 5.55. The van der Waals surface area contributed by atoms with Gasteiger partial charge in [-0.3, -0.25) is 0 Å². The van der Waals surface area contributed by atoms with Crippen molar-refractivity contribution in [2.75, 3.05) is 17.3 Å². The molecule has 2 aliphatic heterocycles. The van der Waals surface area contributed by atoms with Gasteiger partial charge in [0, 0.05) is 24.7 Å². The van der Waals surface area contributed by atoms with Crippen LogP contribution in [0.5, 0.6) is 0 Å². The zero-order valence-electron chi connectivity index (χ0n) is 11.6. The third-order valence-corrected chi connectivity index (χ3v) is 4.47. The van der Waals surface area contributed by atoms with E-state index in [2.05, 4.69) is 27.1 Å². The molecule has 2 saturated heterocycles. The maximum atomic E-state index is 9.91. The van der Waals surface area contributed by atoms with Crippen LogP contribution in [0.25, 0.3) is 0 Å². The molecule has 2 fully saturated rings. The van der Waals surface area contributed by atoms with Gasteiger partial charge in [0.25, 0.3) is 0 Å². The highest BCUT2D eigenvalue weighted by molar-refractivity contribution is 5.60. The van der Waals surface area contributed by atoms with Gasteiger partial charge in [-0.2, -0.15) is 0 Å². The molecule has 0 aromatic carbocycles. The van der Waals surface area contributed by atoms with Gasteiger partial charge in [-0.1, -0.05) is 6.92 Å². The molecule has 2 N–H and O–H groups in total. The molecule has 0 radical (unpaired) electrons. The lowest BCUT2D eigenvalue weighted by atomic mass is 9.99. The molecule has 104 valence electrons. The first-order valence-electron chi connectivity index (χ1n) is 7.22. The standard InChI is InChI=1S/C14H22N4O/c1-3-12-13(15-2)16-8-17-14(12)18-9-4-5-10(18)7-11(19)6-9/h8-11,19H,3-7H2,1-2H3,(H,15,16,17). The summed E-state index contributed by atoms with van der Waals surface area (Å²) >= 11 is 0. The van der Waals surface area contributed by atoms with E-state index in [0.717, 1.165) is 30.9 Å². The van der Waals surface area contributed by atoms with Crippen molar-refractivity contribution in [3.05, 3.63) is 11.9 Å². The maximum Gasteiger partial charge on any atom is 0.137 e. The Kier molecular flexibility index (Phi) is 3.31. The van der Waals surface area contributed by atoms with E-state index in [9.17, 15) is 5.11 Å². The smallest absolute Gasteiger partial charge is 0.137 e. The van der Waals surface area contributed by atoms with Crippen LogP contribution in [0.1, 0.15) is 38.2 Å². The zero-order valence-corrected chi connectivity index (χ0v) is 11.6. The summed E-state index contributed by atoms with van der Waals surface area (Å²) in [5.74, 6) is 2.00. The summed E-state index contributed by atoms with van der Waals surface area (Å²) in [5.41, 5.74) is 1.19. The highest BCUT2D eigenvalue weighted by atomic mass is 16.3. The van der Waals surface area contributed by atoms with Gasteiger partial charge in [-0.25, -0.2) is 9.97 Å². The average molecular weight is 262 g/mol. The van der Waals surface area contributed by atoms with Gasteiger partial charge in [0.05, 0.1) is 6.10 Å². The van der Waals surface area contributed by atoms with Gasteiger partial charge in [0.2, 0.25) is 0 Å². The third-order valence-electron chi connectivity index (χ3n) is 4.47. The molecule has 5 heteroatoms. The number of hydrogen-bond acceptors (Lipinski definition) is 5. The number of piperidine rings is 1. The normalized spacial score (nSPS) is 29.6. The summed E-state index contributed by atoms with van der Waals surface area (Å²) in [7, 11) is 1.90. The molecule has 0 spiro atoms. The Hall–Kier alpha value is -1.36. The fourth-order valence-electron chi connectivity index (χ4n) is 3.66. The molecule has 0 aliphatic carbocycles. The predicted octanol–water partition coefficient (Wildman–Crippen LogP) is 1.57. The van der Waals surface area contributed by atoms with Gasteiger partial charge < -0.3 is 15.3 Å². The molecule has 2 atom stereocenters. The summed E-state index contributed by atoms with van der Waals surface area (Å²) in [6, 6.07) is 0.886. The van der Waals surface area contributed by atoms with Crippen LogP contribution in [0.4, 0.5) is 11.6 Å². The molecule has 3 heterocycles. The topological polar surface area (TPSA) is 61.3 Å². The largest absolute Gasteiger partial charge is 0.393 e. The Morgan fingerprint density at radius 1 is 1.32 bits per heavy atom. The number of anilines is 2. The van der Waals surface area contributed by atoms with Crippen molar-refractivity contribution in [1.82, 2.24) is 9.97 Å². The van der Waals surface area contributed by atoms with Crippen LogP contribution in [-0.2, 0) is 6.42 Å². The van der Waals surface area contributed by atoms with E-state index in [4.69, 9.17) is 0 Å². The van der Waals surface area contributed by atoms with Crippen molar-refractivity contribution >= 4 is 11.6 Å². The van der Waals surface area contributed by atoms with Crippen molar-refractivity contribution in [2.45, 2.75) is 57.2 Å². The van der Waals surface area contributed by atoms with Crippen molar-refractivity contribution in [3.8, 4) is 0 Å². The van der Waals surface area contributed by atoms with Crippen LogP contribution in [0.15, 0.2) is 6.33 Å². The van der Waals surface area contributed by atoms with Crippen molar-refractivity contribution < 1.29 is 5.11 Å². The minimum Gasteiger partial charge on any atom is -0.393 e. The first kappa shape index (κ1) is 12.7. The molecule has 2 bridgehead atoms. The number of fused-ring (bicyclic) bond motifs is 2. The van der Waals surface area contributed by atoms with E-state index in [1.807, 2.05) is 7.05 Å². The molecule has 2 aliphatic rings. The van der Waals surface area contributed by atoms with Gasteiger partial charge in [-0.05, 0) is 32.1 Å². The third kappa shape index (κ3) is 2.06. The van der Waals surface area contributed by atoms with Crippen molar-refractivity contribution in [2.24, 2.45) is 0 Å². The lowest BCUT2D eigenvalue weighted by Gasteiger charge is -2.39. The summed E-state index contributed by atoms with van der Waals surface area (Å²) in [6.45, 7) is 2.14. The molecule has 19 heavy (non-hydrogen) atoms. The first-order valence-corrected chi connectivity index (χ1v) is 7.22. The van der Waals surface area contributed by atoms with E-state index in [1.165, 1.54) is 18.4 Å². The lowest BCUT2D eigenvalue weighted by molar-refractivity contribution is 0.126. The molecular formula is C14H22N4O. The van der Waals surface area contributed by atoms with Crippen LogP contribution in [0.2, 0.25) is 0 Å². The molecule has 0 saturated carbocycles. The first-order chi connectivity index (χ1) is 9.24. The Labute approximate surface area is 114 Å². The van der Waals surface area contributed by atoms with Gasteiger partial charge in [0.1, 0.15) is 18.0 Å². The Bertz CT molecular complexity index is 451. The molecule has 2 unspecified atom stereocenters. The van der Waals surface area contributed by atoms with Crippen LogP contribution in [-0.4, -0.2) is 40.3 Å². The molecule has 1 aromatic heterocycles. The van der Waals surface area contributed by atoms with Crippen molar-refractivity contribution in [1.29, 1.82) is 0 Å². The van der Waals surface area contributed by atoms with E-state index < -0.39 is 0 Å². The number of rotatable bonds is 3. The van der Waals surface area contributed by atoms with Crippen LogP contribution in [0.3, 0.4) is 0 Å².